The summed E-state index contributed by atoms with van der Waals surface area (Å²) in [5.74, 6) is -0.194. The maximum atomic E-state index is 12.1. The van der Waals surface area contributed by atoms with E-state index in [0.717, 1.165) is 23.2 Å². The molecule has 2 aromatic rings. The fraction of sp³-hybridized carbons (Fsp3) is 0.235. The lowest BCUT2D eigenvalue weighted by atomic mass is 10.1. The van der Waals surface area contributed by atoms with Gasteiger partial charge in [-0.2, -0.15) is 0 Å². The minimum absolute atomic E-state index is 0.0115. The number of carbonyl (C=O) groups is 1. The normalized spacial score (nSPS) is 10.2. The molecule has 2 rings (SSSR count). The van der Waals surface area contributed by atoms with Crippen molar-refractivity contribution in [3.05, 3.63) is 63.7 Å². The molecule has 1 amide bonds. The average molecular weight is 313 g/mol. The summed E-state index contributed by atoms with van der Waals surface area (Å²) >= 11 is 0. The maximum Gasteiger partial charge on any atom is 0.271 e. The predicted octanol–water partition coefficient (Wildman–Crippen LogP) is 3.52. The van der Waals surface area contributed by atoms with E-state index >= 15 is 0 Å². The second kappa shape index (κ2) is 7.40. The van der Waals surface area contributed by atoms with Crippen LogP contribution in [0.4, 0.5) is 17.1 Å². The van der Waals surface area contributed by atoms with Crippen LogP contribution in [-0.4, -0.2) is 17.4 Å². The van der Waals surface area contributed by atoms with E-state index in [1.54, 1.807) is 12.1 Å². The van der Waals surface area contributed by atoms with Gasteiger partial charge in [-0.1, -0.05) is 31.2 Å². The van der Waals surface area contributed by atoms with Crippen molar-refractivity contribution >= 4 is 23.0 Å². The molecule has 0 aliphatic carbocycles. The molecule has 0 unspecified atom stereocenters. The first-order chi connectivity index (χ1) is 11.0. The summed E-state index contributed by atoms with van der Waals surface area (Å²) in [6, 6.07) is 12.0. The monoisotopic (exact) mass is 313 g/mol. The molecule has 0 fully saturated rings. The number of carbonyl (C=O) groups excluding carboxylic acids is 1. The SMILES string of the molecule is CCc1cccc(C)c1NC(=O)CNc1cccc([N+](=O)[O-])c1. The molecule has 0 aliphatic rings. The zero-order chi connectivity index (χ0) is 16.8. The molecule has 0 saturated carbocycles. The first-order valence-electron chi connectivity index (χ1n) is 7.38. The molecule has 0 aromatic heterocycles. The number of anilines is 2. The van der Waals surface area contributed by atoms with Crippen molar-refractivity contribution in [1.82, 2.24) is 0 Å². The molecule has 0 radical (unpaired) electrons. The van der Waals surface area contributed by atoms with Crippen LogP contribution in [0.5, 0.6) is 0 Å². The van der Waals surface area contributed by atoms with Gasteiger partial charge in [0.2, 0.25) is 5.91 Å². The van der Waals surface area contributed by atoms with Crippen molar-refractivity contribution in [2.45, 2.75) is 20.3 Å². The lowest BCUT2D eigenvalue weighted by molar-refractivity contribution is -0.384. The molecule has 6 heteroatoms. The van der Waals surface area contributed by atoms with Crippen molar-refractivity contribution in [3.8, 4) is 0 Å². The van der Waals surface area contributed by atoms with E-state index in [1.165, 1.54) is 12.1 Å². The Morgan fingerprint density at radius 3 is 2.65 bits per heavy atom. The average Bonchev–Trinajstić information content (AvgIpc) is 2.55. The molecular weight excluding hydrogens is 294 g/mol. The van der Waals surface area contributed by atoms with Crippen molar-refractivity contribution < 1.29 is 9.72 Å². The van der Waals surface area contributed by atoms with Crippen LogP contribution < -0.4 is 10.6 Å². The summed E-state index contributed by atoms with van der Waals surface area (Å²) in [5.41, 5.74) is 3.44. The van der Waals surface area contributed by atoms with Gasteiger partial charge in [0.15, 0.2) is 0 Å². The molecule has 0 heterocycles. The number of para-hydroxylation sites is 1. The van der Waals surface area contributed by atoms with Crippen LogP contribution in [0.15, 0.2) is 42.5 Å². The molecular formula is C17H19N3O3. The van der Waals surface area contributed by atoms with Gasteiger partial charge in [0.1, 0.15) is 0 Å². The van der Waals surface area contributed by atoms with Gasteiger partial charge in [-0.25, -0.2) is 0 Å². The highest BCUT2D eigenvalue weighted by Gasteiger charge is 2.10. The number of aryl methyl sites for hydroxylation is 2. The minimum Gasteiger partial charge on any atom is -0.376 e. The third kappa shape index (κ3) is 4.29. The fourth-order valence-electron chi connectivity index (χ4n) is 2.30. The number of nitro groups is 1. The highest BCUT2D eigenvalue weighted by molar-refractivity contribution is 5.95. The first kappa shape index (κ1) is 16.5. The van der Waals surface area contributed by atoms with Crippen LogP contribution in [0.1, 0.15) is 18.1 Å². The summed E-state index contributed by atoms with van der Waals surface area (Å²) < 4.78 is 0. The Balaban J connectivity index is 2.01. The number of nitrogens with one attached hydrogen (secondary N) is 2. The molecule has 0 atom stereocenters. The van der Waals surface area contributed by atoms with E-state index in [1.807, 2.05) is 32.0 Å². The number of hydrogen-bond donors (Lipinski definition) is 2. The topological polar surface area (TPSA) is 84.3 Å². The third-order valence-electron chi connectivity index (χ3n) is 3.51. The van der Waals surface area contributed by atoms with E-state index in [-0.39, 0.29) is 18.1 Å². The quantitative estimate of drug-likeness (QED) is 0.631. The molecule has 6 nitrogen and oxygen atoms in total. The number of benzene rings is 2. The molecule has 0 saturated heterocycles. The molecule has 0 aliphatic heterocycles. The third-order valence-corrected chi connectivity index (χ3v) is 3.51. The minimum atomic E-state index is -0.466. The largest absolute Gasteiger partial charge is 0.376 e. The Kier molecular flexibility index (Phi) is 5.30. The zero-order valence-corrected chi connectivity index (χ0v) is 13.1. The number of nitrogens with zero attached hydrogens (tertiary/aromatic N) is 1. The zero-order valence-electron chi connectivity index (χ0n) is 13.1. The maximum absolute atomic E-state index is 12.1. The van der Waals surface area contributed by atoms with Gasteiger partial charge in [-0.3, -0.25) is 14.9 Å². The van der Waals surface area contributed by atoms with Crippen LogP contribution in [0.2, 0.25) is 0 Å². The van der Waals surface area contributed by atoms with Gasteiger partial charge in [0.05, 0.1) is 11.5 Å². The van der Waals surface area contributed by atoms with Crippen LogP contribution in [0, 0.1) is 17.0 Å². The molecule has 120 valence electrons. The number of amides is 1. The van der Waals surface area contributed by atoms with Crippen molar-refractivity contribution in [2.75, 3.05) is 17.2 Å². The second-order valence-corrected chi connectivity index (χ2v) is 5.17. The van der Waals surface area contributed by atoms with Gasteiger partial charge in [0.25, 0.3) is 5.69 Å². The Morgan fingerprint density at radius 1 is 1.22 bits per heavy atom. The first-order valence-corrected chi connectivity index (χ1v) is 7.38. The standard InChI is InChI=1S/C17H19N3O3/c1-3-13-7-4-6-12(2)17(13)19-16(21)11-18-14-8-5-9-15(10-14)20(22)23/h4-10,18H,3,11H2,1-2H3,(H,19,21). The van der Waals surface area contributed by atoms with E-state index in [4.69, 9.17) is 0 Å². The van der Waals surface area contributed by atoms with E-state index in [9.17, 15) is 14.9 Å². The Bertz CT molecular complexity index is 729. The fourth-order valence-corrected chi connectivity index (χ4v) is 2.30. The lowest BCUT2D eigenvalue weighted by Gasteiger charge is -2.13. The molecule has 2 aromatic carbocycles. The van der Waals surface area contributed by atoms with E-state index < -0.39 is 4.92 Å². The second-order valence-electron chi connectivity index (χ2n) is 5.17. The number of rotatable bonds is 6. The van der Waals surface area contributed by atoms with Crippen LogP contribution in [0.3, 0.4) is 0 Å². The highest BCUT2D eigenvalue weighted by atomic mass is 16.6. The van der Waals surface area contributed by atoms with Crippen LogP contribution in [-0.2, 0) is 11.2 Å². The summed E-state index contributed by atoms with van der Waals surface area (Å²) in [6.45, 7) is 4.02. The Morgan fingerprint density at radius 2 is 1.96 bits per heavy atom. The highest BCUT2D eigenvalue weighted by Crippen LogP contribution is 2.21. The Labute approximate surface area is 134 Å². The van der Waals surface area contributed by atoms with Gasteiger partial charge < -0.3 is 10.6 Å². The molecule has 0 bridgehead atoms. The van der Waals surface area contributed by atoms with E-state index in [2.05, 4.69) is 10.6 Å². The van der Waals surface area contributed by atoms with Crippen molar-refractivity contribution in [1.29, 1.82) is 0 Å². The van der Waals surface area contributed by atoms with Crippen molar-refractivity contribution in [2.24, 2.45) is 0 Å². The molecule has 23 heavy (non-hydrogen) atoms. The lowest BCUT2D eigenvalue weighted by Crippen LogP contribution is -2.22. The van der Waals surface area contributed by atoms with Crippen LogP contribution in [0.25, 0.3) is 0 Å². The van der Waals surface area contributed by atoms with Gasteiger partial charge in [0, 0.05) is 23.5 Å². The summed E-state index contributed by atoms with van der Waals surface area (Å²) in [6.07, 6.45) is 0.829. The Hall–Kier alpha value is -2.89. The van der Waals surface area contributed by atoms with Crippen LogP contribution >= 0.6 is 0 Å². The molecule has 2 N–H and O–H groups in total. The van der Waals surface area contributed by atoms with Crippen molar-refractivity contribution in [3.63, 3.8) is 0 Å². The van der Waals surface area contributed by atoms with E-state index in [0.29, 0.717) is 5.69 Å². The number of hydrogen-bond acceptors (Lipinski definition) is 4. The summed E-state index contributed by atoms with van der Waals surface area (Å²) in [5, 5.41) is 16.5. The van der Waals surface area contributed by atoms with Gasteiger partial charge >= 0.3 is 0 Å². The number of non-ortho nitro benzene ring substituents is 1. The molecule has 0 spiro atoms. The smallest absolute Gasteiger partial charge is 0.271 e. The summed E-state index contributed by atoms with van der Waals surface area (Å²) in [4.78, 5) is 22.4. The number of nitro benzene ring substituents is 1. The summed E-state index contributed by atoms with van der Waals surface area (Å²) in [7, 11) is 0. The predicted molar refractivity (Wildman–Crippen MR) is 90.8 cm³/mol. The van der Waals surface area contributed by atoms with Gasteiger partial charge in [-0.05, 0) is 30.5 Å². The van der Waals surface area contributed by atoms with Gasteiger partial charge in [-0.15, -0.1) is 0 Å².